The molecule has 1 atom stereocenters. The number of hydrogen-bond acceptors (Lipinski definition) is 6. The van der Waals surface area contributed by atoms with Gasteiger partial charge in [0.2, 0.25) is 0 Å². The van der Waals surface area contributed by atoms with Gasteiger partial charge in [-0.3, -0.25) is 11.3 Å². The predicted molar refractivity (Wildman–Crippen MR) is 76.1 cm³/mol. The highest BCUT2D eigenvalue weighted by molar-refractivity contribution is 5.30. The van der Waals surface area contributed by atoms with Gasteiger partial charge in [0.15, 0.2) is 5.82 Å². The van der Waals surface area contributed by atoms with Gasteiger partial charge in [0, 0.05) is 12.6 Å². The molecule has 2 heterocycles. The minimum atomic E-state index is -0.167. The number of nitrogens with two attached hydrogens (primary N) is 1. The zero-order chi connectivity index (χ0) is 14.7. The number of hydrazine groups is 1. The number of benzene rings is 1. The molecule has 8 nitrogen and oxygen atoms in total. The number of para-hydroxylation sites is 1. The van der Waals surface area contributed by atoms with Gasteiger partial charge in [-0.25, -0.2) is 4.68 Å². The van der Waals surface area contributed by atoms with Crippen molar-refractivity contribution in [2.45, 2.75) is 12.5 Å². The Bertz CT molecular complexity index is 702. The van der Waals surface area contributed by atoms with Gasteiger partial charge in [0.25, 0.3) is 0 Å². The summed E-state index contributed by atoms with van der Waals surface area (Å²) in [5.41, 5.74) is 4.57. The fourth-order valence-electron chi connectivity index (χ4n) is 2.08. The van der Waals surface area contributed by atoms with Crippen molar-refractivity contribution in [1.29, 1.82) is 0 Å². The maximum absolute atomic E-state index is 5.63. The van der Waals surface area contributed by atoms with Gasteiger partial charge in [-0.05, 0) is 23.4 Å². The molecule has 3 aromatic rings. The Balaban J connectivity index is 1.80. The fraction of sp³-hybridized carbons (Fsp3) is 0.231. The van der Waals surface area contributed by atoms with Gasteiger partial charge in [0.1, 0.15) is 0 Å². The van der Waals surface area contributed by atoms with Crippen LogP contribution in [0.1, 0.15) is 17.6 Å². The lowest BCUT2D eigenvalue weighted by Crippen LogP contribution is -2.30. The molecule has 0 saturated heterocycles. The molecule has 0 aliphatic carbocycles. The molecule has 2 aromatic heterocycles. The van der Waals surface area contributed by atoms with Crippen molar-refractivity contribution in [1.82, 2.24) is 35.4 Å². The monoisotopic (exact) mass is 284 g/mol. The van der Waals surface area contributed by atoms with Crippen molar-refractivity contribution >= 4 is 0 Å². The number of rotatable bonds is 5. The first-order valence-electron chi connectivity index (χ1n) is 6.56. The molecule has 0 spiro atoms. The number of nitrogens with zero attached hydrogens (tertiary/aromatic N) is 6. The molecule has 21 heavy (non-hydrogen) atoms. The van der Waals surface area contributed by atoms with Gasteiger partial charge in [0.05, 0.1) is 24.5 Å². The van der Waals surface area contributed by atoms with E-state index in [1.54, 1.807) is 7.05 Å². The molecule has 0 radical (unpaired) electrons. The van der Waals surface area contributed by atoms with Crippen LogP contribution in [0.3, 0.4) is 0 Å². The highest BCUT2D eigenvalue weighted by Crippen LogP contribution is 2.15. The summed E-state index contributed by atoms with van der Waals surface area (Å²) in [7, 11) is 1.73. The summed E-state index contributed by atoms with van der Waals surface area (Å²) in [6.45, 7) is 0. The third kappa shape index (κ3) is 2.96. The molecule has 0 aliphatic rings. The Labute approximate surface area is 121 Å². The Hall–Kier alpha value is -2.58. The minimum Gasteiger partial charge on any atom is -0.271 e. The van der Waals surface area contributed by atoms with E-state index in [9.17, 15) is 0 Å². The molecule has 0 saturated carbocycles. The Morgan fingerprint density at radius 3 is 2.67 bits per heavy atom. The van der Waals surface area contributed by atoms with Gasteiger partial charge >= 0.3 is 0 Å². The number of nitrogens with one attached hydrogen (secondary N) is 1. The minimum absolute atomic E-state index is 0.167. The van der Waals surface area contributed by atoms with Gasteiger partial charge < -0.3 is 0 Å². The SMILES string of the molecule is Cn1nnc(CC(NN)c2ccn(-c3ccccc3)n2)n1. The van der Waals surface area contributed by atoms with Crippen molar-refractivity contribution in [3.05, 3.63) is 54.1 Å². The average molecular weight is 284 g/mol. The third-order valence-electron chi connectivity index (χ3n) is 3.13. The average Bonchev–Trinajstić information content (AvgIpc) is 3.15. The van der Waals surface area contributed by atoms with Crippen LogP contribution in [0.4, 0.5) is 0 Å². The largest absolute Gasteiger partial charge is 0.271 e. The second-order valence-electron chi connectivity index (χ2n) is 4.64. The molecule has 8 heteroatoms. The highest BCUT2D eigenvalue weighted by Gasteiger charge is 2.16. The van der Waals surface area contributed by atoms with E-state index in [2.05, 4.69) is 25.9 Å². The first-order chi connectivity index (χ1) is 10.3. The van der Waals surface area contributed by atoms with Crippen LogP contribution in [-0.4, -0.2) is 30.0 Å². The zero-order valence-corrected chi connectivity index (χ0v) is 11.6. The van der Waals surface area contributed by atoms with E-state index in [1.807, 2.05) is 47.3 Å². The van der Waals surface area contributed by atoms with Gasteiger partial charge in [-0.1, -0.05) is 18.2 Å². The van der Waals surface area contributed by atoms with E-state index in [1.165, 1.54) is 4.80 Å². The van der Waals surface area contributed by atoms with E-state index < -0.39 is 0 Å². The summed E-state index contributed by atoms with van der Waals surface area (Å²) < 4.78 is 1.81. The van der Waals surface area contributed by atoms with Gasteiger partial charge in [-0.2, -0.15) is 9.90 Å². The van der Waals surface area contributed by atoms with Crippen molar-refractivity contribution in [2.75, 3.05) is 0 Å². The van der Waals surface area contributed by atoms with Crippen LogP contribution >= 0.6 is 0 Å². The predicted octanol–water partition coefficient (Wildman–Crippen LogP) is 0.143. The van der Waals surface area contributed by atoms with E-state index in [0.717, 1.165) is 11.4 Å². The van der Waals surface area contributed by atoms with E-state index in [0.29, 0.717) is 12.2 Å². The van der Waals surface area contributed by atoms with Crippen LogP contribution in [0, 0.1) is 0 Å². The molecular formula is C13H16N8. The Morgan fingerprint density at radius 1 is 1.19 bits per heavy atom. The van der Waals surface area contributed by atoms with Crippen molar-refractivity contribution in [3.63, 3.8) is 0 Å². The molecule has 3 N–H and O–H groups in total. The number of hydrogen-bond donors (Lipinski definition) is 2. The molecule has 108 valence electrons. The molecule has 1 unspecified atom stereocenters. The Morgan fingerprint density at radius 2 is 2.00 bits per heavy atom. The van der Waals surface area contributed by atoms with Crippen LogP contribution in [0.5, 0.6) is 0 Å². The maximum atomic E-state index is 5.63. The standard InChI is InChI=1S/C13H16N8/c1-20-18-13(16-19-20)9-12(15-14)11-7-8-21(17-11)10-5-3-2-4-6-10/h2-8,12,15H,9,14H2,1H3. The fourth-order valence-corrected chi connectivity index (χ4v) is 2.08. The maximum Gasteiger partial charge on any atom is 0.176 e. The summed E-state index contributed by atoms with van der Waals surface area (Å²) in [6, 6.07) is 11.7. The molecule has 0 fully saturated rings. The second kappa shape index (κ2) is 5.81. The molecule has 1 aromatic carbocycles. The lowest BCUT2D eigenvalue weighted by atomic mass is 10.1. The molecule has 0 aliphatic heterocycles. The highest BCUT2D eigenvalue weighted by atomic mass is 15.6. The van der Waals surface area contributed by atoms with Crippen molar-refractivity contribution < 1.29 is 0 Å². The molecule has 0 amide bonds. The first kappa shape index (κ1) is 13.4. The van der Waals surface area contributed by atoms with Crippen LogP contribution in [-0.2, 0) is 13.5 Å². The molecule has 3 rings (SSSR count). The molecule has 0 bridgehead atoms. The van der Waals surface area contributed by atoms with Crippen LogP contribution in [0.2, 0.25) is 0 Å². The lowest BCUT2D eigenvalue weighted by molar-refractivity contribution is 0.519. The second-order valence-corrected chi connectivity index (χ2v) is 4.64. The number of aryl methyl sites for hydroxylation is 1. The van der Waals surface area contributed by atoms with E-state index >= 15 is 0 Å². The third-order valence-corrected chi connectivity index (χ3v) is 3.13. The number of aromatic nitrogens is 6. The first-order valence-corrected chi connectivity index (χ1v) is 6.56. The lowest BCUT2D eigenvalue weighted by Gasteiger charge is -2.10. The quantitative estimate of drug-likeness (QED) is 0.511. The Kier molecular flexibility index (Phi) is 3.71. The van der Waals surface area contributed by atoms with Gasteiger partial charge in [-0.15, -0.1) is 10.2 Å². The zero-order valence-electron chi connectivity index (χ0n) is 11.6. The van der Waals surface area contributed by atoms with E-state index in [4.69, 9.17) is 5.84 Å². The summed E-state index contributed by atoms with van der Waals surface area (Å²) in [5.74, 6) is 6.25. The normalized spacial score (nSPS) is 12.5. The van der Waals surface area contributed by atoms with Crippen LogP contribution < -0.4 is 11.3 Å². The van der Waals surface area contributed by atoms with E-state index in [-0.39, 0.29) is 6.04 Å². The van der Waals surface area contributed by atoms with Crippen LogP contribution in [0.25, 0.3) is 5.69 Å². The van der Waals surface area contributed by atoms with Crippen LogP contribution in [0.15, 0.2) is 42.6 Å². The topological polar surface area (TPSA) is 99.5 Å². The summed E-state index contributed by atoms with van der Waals surface area (Å²) in [5, 5.41) is 16.5. The summed E-state index contributed by atoms with van der Waals surface area (Å²) >= 11 is 0. The number of tetrazole rings is 1. The molecular weight excluding hydrogens is 268 g/mol. The summed E-state index contributed by atoms with van der Waals surface area (Å²) in [4.78, 5) is 1.42. The van der Waals surface area contributed by atoms with Crippen molar-refractivity contribution in [2.24, 2.45) is 12.9 Å². The van der Waals surface area contributed by atoms with Crippen molar-refractivity contribution in [3.8, 4) is 5.69 Å². The smallest absolute Gasteiger partial charge is 0.176 e. The summed E-state index contributed by atoms with van der Waals surface area (Å²) in [6.07, 6.45) is 2.43.